The van der Waals surface area contributed by atoms with Gasteiger partial charge in [-0.3, -0.25) is 0 Å². The summed E-state index contributed by atoms with van der Waals surface area (Å²) in [6, 6.07) is 5.50. The highest BCUT2D eigenvalue weighted by atomic mass is 19.2. The Morgan fingerprint density at radius 1 is 1.05 bits per heavy atom. The van der Waals surface area contributed by atoms with Crippen molar-refractivity contribution in [3.05, 3.63) is 93.1 Å². The van der Waals surface area contributed by atoms with E-state index in [2.05, 4.69) is 16.4 Å². The molecule has 198 valence electrons. The molecule has 1 fully saturated rings. The highest BCUT2D eigenvalue weighted by Gasteiger charge is 2.42. The second-order valence-electron chi connectivity index (χ2n) is 10.5. The maximum absolute atomic E-state index is 15.5. The summed E-state index contributed by atoms with van der Waals surface area (Å²) in [5.41, 5.74) is 1.66. The summed E-state index contributed by atoms with van der Waals surface area (Å²) >= 11 is 0. The fraction of sp³-hybridized carbons (Fsp3) is 0.333. The molecule has 38 heavy (non-hydrogen) atoms. The van der Waals surface area contributed by atoms with Crippen LogP contribution >= 0.6 is 0 Å². The third-order valence-electron chi connectivity index (χ3n) is 7.84. The number of nitrogens with zero attached hydrogens (tertiary/aromatic N) is 2. The predicted molar refractivity (Wildman–Crippen MR) is 139 cm³/mol. The van der Waals surface area contributed by atoms with Crippen molar-refractivity contribution in [2.75, 3.05) is 31.6 Å². The molecule has 1 heterocycles. The molecule has 0 saturated carbocycles. The van der Waals surface area contributed by atoms with Gasteiger partial charge in [0.2, 0.25) is 0 Å². The second-order valence-corrected chi connectivity index (χ2v) is 10.5. The number of benzene rings is 2. The van der Waals surface area contributed by atoms with E-state index in [0.29, 0.717) is 11.1 Å². The lowest BCUT2D eigenvalue weighted by molar-refractivity contribution is -0.582. The van der Waals surface area contributed by atoms with Crippen molar-refractivity contribution in [3.8, 4) is 0 Å². The van der Waals surface area contributed by atoms with Crippen LogP contribution in [0.15, 0.2) is 47.6 Å². The minimum absolute atomic E-state index is 0.0295. The second kappa shape index (κ2) is 9.26. The average Bonchev–Trinajstić information content (AvgIpc) is 2.85. The van der Waals surface area contributed by atoms with Gasteiger partial charge in [-0.2, -0.15) is 0 Å². The number of carbonyl (C=O) groups is 1. The molecule has 0 unspecified atom stereocenters. The van der Waals surface area contributed by atoms with Crippen LogP contribution in [-0.4, -0.2) is 48.0 Å². The van der Waals surface area contributed by atoms with Crippen LogP contribution in [0.25, 0.3) is 5.57 Å². The van der Waals surface area contributed by atoms with Crippen LogP contribution < -0.4 is 4.90 Å². The van der Waals surface area contributed by atoms with E-state index >= 15 is 4.39 Å². The predicted octanol–water partition coefficient (Wildman–Crippen LogP) is 6.23. The lowest BCUT2D eigenvalue weighted by atomic mass is 9.64. The van der Waals surface area contributed by atoms with Crippen molar-refractivity contribution in [1.29, 1.82) is 0 Å². The molecular formula is C30H29F4N2O2+. The van der Waals surface area contributed by atoms with Crippen molar-refractivity contribution in [2.24, 2.45) is 0 Å². The van der Waals surface area contributed by atoms with Gasteiger partial charge < -0.3 is 10.0 Å². The standard InChI is InChI=1S/C30H28F4N2O2/c1-5-11-35(4)16-7-9-18-20(14-16)30(2,3)21-15-17(36-12-6-13-36)8-10-19(21)22(18)23-24(29(37)38)26(32)28(34)27(33)25(23)31/h7-10,14-15H,5-6,11-13H2,1-4H3/p+1. The Bertz CT molecular complexity index is 1510. The highest BCUT2D eigenvalue weighted by Crippen LogP contribution is 2.52. The smallest absolute Gasteiger partial charge is 0.339 e. The molecule has 0 atom stereocenters. The van der Waals surface area contributed by atoms with Gasteiger partial charge in [0.1, 0.15) is 18.7 Å². The lowest BCUT2D eigenvalue weighted by Crippen LogP contribution is -2.35. The van der Waals surface area contributed by atoms with Crippen LogP contribution in [0.1, 0.15) is 60.7 Å². The Morgan fingerprint density at radius 2 is 1.74 bits per heavy atom. The Labute approximate surface area is 218 Å². The molecule has 2 aromatic rings. The largest absolute Gasteiger partial charge is 0.478 e. The maximum Gasteiger partial charge on any atom is 0.339 e. The molecule has 4 nitrogen and oxygen atoms in total. The number of rotatable bonds is 5. The van der Waals surface area contributed by atoms with Crippen LogP contribution in [0, 0.1) is 23.3 Å². The van der Waals surface area contributed by atoms with E-state index in [1.807, 2.05) is 45.2 Å². The molecule has 0 bridgehead atoms. The number of aromatic carboxylic acids is 1. The number of carboxylic acid groups (broad SMARTS) is 1. The molecule has 5 rings (SSSR count). The van der Waals surface area contributed by atoms with Crippen LogP contribution in [0.4, 0.5) is 23.2 Å². The first kappa shape index (κ1) is 25.9. The highest BCUT2D eigenvalue weighted by molar-refractivity contribution is 6.08. The zero-order valence-electron chi connectivity index (χ0n) is 21.8. The molecule has 1 N–H and O–H groups in total. The van der Waals surface area contributed by atoms with Crippen molar-refractivity contribution in [2.45, 2.75) is 39.0 Å². The summed E-state index contributed by atoms with van der Waals surface area (Å²) in [5, 5.41) is 9.83. The Balaban J connectivity index is 1.90. The summed E-state index contributed by atoms with van der Waals surface area (Å²) in [5.74, 6) is -9.73. The minimum atomic E-state index is -2.15. The minimum Gasteiger partial charge on any atom is -0.478 e. The van der Waals surface area contributed by atoms with Crippen LogP contribution in [0.2, 0.25) is 0 Å². The average molecular weight is 526 g/mol. The van der Waals surface area contributed by atoms with E-state index in [0.717, 1.165) is 55.0 Å². The third kappa shape index (κ3) is 3.80. The van der Waals surface area contributed by atoms with Crippen molar-refractivity contribution in [3.63, 3.8) is 0 Å². The molecule has 0 radical (unpaired) electrons. The van der Waals surface area contributed by atoms with Crippen LogP contribution in [0.3, 0.4) is 0 Å². The zero-order valence-corrected chi connectivity index (χ0v) is 21.8. The van der Waals surface area contributed by atoms with E-state index in [-0.39, 0.29) is 5.57 Å². The number of hydrogen-bond acceptors (Lipinski definition) is 2. The van der Waals surface area contributed by atoms with E-state index in [1.54, 1.807) is 12.1 Å². The summed E-state index contributed by atoms with van der Waals surface area (Å²) in [6.07, 6.45) is 7.54. The molecular weight excluding hydrogens is 496 g/mol. The van der Waals surface area contributed by atoms with E-state index < -0.39 is 45.8 Å². The van der Waals surface area contributed by atoms with Gasteiger partial charge in [-0.15, -0.1) is 0 Å². The zero-order chi connectivity index (χ0) is 27.5. The van der Waals surface area contributed by atoms with Crippen molar-refractivity contribution < 1.29 is 32.0 Å². The Morgan fingerprint density at radius 3 is 2.34 bits per heavy atom. The lowest BCUT2D eigenvalue weighted by Gasteiger charge is -2.40. The van der Waals surface area contributed by atoms with E-state index in [4.69, 9.17) is 0 Å². The molecule has 1 aliphatic heterocycles. The van der Waals surface area contributed by atoms with Gasteiger partial charge >= 0.3 is 5.97 Å². The van der Waals surface area contributed by atoms with Crippen LogP contribution in [0.5, 0.6) is 0 Å². The summed E-state index contributed by atoms with van der Waals surface area (Å²) < 4.78 is 61.4. The number of carboxylic acids is 1. The number of allylic oxidation sites excluding steroid dienone is 5. The molecule has 8 heteroatoms. The molecule has 2 aromatic carbocycles. The van der Waals surface area contributed by atoms with Crippen LogP contribution in [-0.2, 0) is 5.41 Å². The molecule has 0 aromatic heterocycles. The fourth-order valence-electron chi connectivity index (χ4n) is 5.63. The Kier molecular flexibility index (Phi) is 6.32. The summed E-state index contributed by atoms with van der Waals surface area (Å²) in [7, 11) is 1.95. The number of fused-ring (bicyclic) bond motifs is 2. The molecule has 0 spiro atoms. The van der Waals surface area contributed by atoms with Gasteiger partial charge in [0, 0.05) is 48.0 Å². The molecule has 3 aliphatic rings. The van der Waals surface area contributed by atoms with Crippen molar-refractivity contribution >= 4 is 22.9 Å². The van der Waals surface area contributed by atoms with Gasteiger partial charge in [0.05, 0.1) is 6.42 Å². The van der Waals surface area contributed by atoms with Gasteiger partial charge in [-0.05, 0) is 46.9 Å². The molecule has 2 aliphatic carbocycles. The SMILES string of the molecule is CCCN(C)c1ccc2c(c1)C(C)(C)C1=CC(=[N+]3CCC3)C=CC1=C2c1c(F)c(F)c(F)c(F)c1C(=O)O. The van der Waals surface area contributed by atoms with Gasteiger partial charge in [0.25, 0.3) is 0 Å². The van der Waals surface area contributed by atoms with E-state index in [1.165, 1.54) is 0 Å². The van der Waals surface area contributed by atoms with Gasteiger partial charge in [-0.1, -0.05) is 26.8 Å². The monoisotopic (exact) mass is 525 g/mol. The number of halogens is 4. The molecule has 0 amide bonds. The van der Waals surface area contributed by atoms with E-state index in [9.17, 15) is 23.1 Å². The quantitative estimate of drug-likeness (QED) is 0.218. The van der Waals surface area contributed by atoms with Gasteiger partial charge in [-0.25, -0.2) is 26.9 Å². The first-order valence-electron chi connectivity index (χ1n) is 12.7. The van der Waals surface area contributed by atoms with Crippen molar-refractivity contribution in [1.82, 2.24) is 0 Å². The first-order chi connectivity index (χ1) is 18.0. The summed E-state index contributed by atoms with van der Waals surface area (Å²) in [4.78, 5) is 14.2. The summed E-state index contributed by atoms with van der Waals surface area (Å²) in [6.45, 7) is 8.68. The Hall–Kier alpha value is -3.68. The maximum atomic E-state index is 15.5. The first-order valence-corrected chi connectivity index (χ1v) is 12.7. The topological polar surface area (TPSA) is 43.5 Å². The normalized spacial score (nSPS) is 17.6. The number of hydrogen-bond donors (Lipinski definition) is 1. The third-order valence-corrected chi connectivity index (χ3v) is 7.84. The van der Waals surface area contributed by atoms with Gasteiger partial charge in [0.15, 0.2) is 29.0 Å². The molecule has 1 saturated heterocycles. The fourth-order valence-corrected chi connectivity index (χ4v) is 5.63. The number of anilines is 1.